The van der Waals surface area contributed by atoms with Gasteiger partial charge in [0.25, 0.3) is 0 Å². The molecule has 1 saturated heterocycles. The SMILES string of the molecule is COc1ccc(C[C@H]2NC(=O)C=CC[C@@H]([C@H](C)[C@H]3O[C@@H]3c3ccc(CO)cc3)OC(=O)[C@H](CC(C)C)OC(=O)[C@H](C)CNC2=O)cc1Cl. The summed E-state index contributed by atoms with van der Waals surface area (Å²) in [6, 6.07) is 11.6. The Morgan fingerprint density at radius 3 is 2.35 bits per heavy atom. The number of carbonyl (C=O) groups excluding carboxylic acids is 4. The van der Waals surface area contributed by atoms with Gasteiger partial charge < -0.3 is 34.7 Å². The number of rotatable bonds is 9. The second kappa shape index (κ2) is 16.9. The number of hydrogen-bond donors (Lipinski definition) is 3. The summed E-state index contributed by atoms with van der Waals surface area (Å²) in [5, 5.41) is 15.2. The molecular weight excluding hydrogens is 640 g/mol. The lowest BCUT2D eigenvalue weighted by atomic mass is 9.93. The van der Waals surface area contributed by atoms with Crippen LogP contribution < -0.4 is 15.4 Å². The predicted octanol–water partition coefficient (Wildman–Crippen LogP) is 4.23. The topological polar surface area (TPSA) is 153 Å². The molecule has 2 aliphatic heterocycles. The molecule has 11 nitrogen and oxygen atoms in total. The highest BCUT2D eigenvalue weighted by Gasteiger charge is 2.47. The minimum Gasteiger partial charge on any atom is -0.495 e. The summed E-state index contributed by atoms with van der Waals surface area (Å²) in [7, 11) is 1.50. The Kier molecular flexibility index (Phi) is 13.0. The average Bonchev–Trinajstić information content (AvgIpc) is 3.86. The van der Waals surface area contributed by atoms with Crippen LogP contribution in [0.3, 0.4) is 0 Å². The number of epoxide rings is 1. The molecule has 2 aromatic rings. The molecule has 0 bridgehead atoms. The Bertz CT molecular complexity index is 1480. The molecule has 2 amide bonds. The van der Waals surface area contributed by atoms with Crippen molar-refractivity contribution in [2.24, 2.45) is 17.8 Å². The smallest absolute Gasteiger partial charge is 0.347 e. The molecule has 3 N–H and O–H groups in total. The number of aliphatic hydroxyl groups excluding tert-OH is 1. The Hall–Kier alpha value is -3.93. The fourth-order valence-electron chi connectivity index (χ4n) is 5.56. The summed E-state index contributed by atoms with van der Waals surface area (Å²) >= 11 is 6.30. The Morgan fingerprint density at radius 2 is 1.71 bits per heavy atom. The maximum atomic E-state index is 13.5. The Labute approximate surface area is 286 Å². The predicted molar refractivity (Wildman–Crippen MR) is 178 cm³/mol. The molecule has 48 heavy (non-hydrogen) atoms. The minimum atomic E-state index is -1.15. The number of amides is 2. The van der Waals surface area contributed by atoms with Gasteiger partial charge in [0.1, 0.15) is 24.0 Å². The summed E-state index contributed by atoms with van der Waals surface area (Å²) in [4.78, 5) is 53.1. The van der Waals surface area contributed by atoms with E-state index in [1.807, 2.05) is 45.0 Å². The van der Waals surface area contributed by atoms with Crippen LogP contribution in [0, 0.1) is 17.8 Å². The van der Waals surface area contributed by atoms with Crippen LogP contribution in [0.2, 0.25) is 5.02 Å². The lowest BCUT2D eigenvalue weighted by Gasteiger charge is -2.27. The molecule has 7 atom stereocenters. The molecule has 2 heterocycles. The van der Waals surface area contributed by atoms with E-state index >= 15 is 0 Å². The van der Waals surface area contributed by atoms with Gasteiger partial charge in [-0.3, -0.25) is 14.4 Å². The summed E-state index contributed by atoms with van der Waals surface area (Å²) in [5.74, 6) is -2.95. The van der Waals surface area contributed by atoms with Gasteiger partial charge in [-0.05, 0) is 47.2 Å². The third-order valence-corrected chi connectivity index (χ3v) is 8.80. The molecule has 260 valence electrons. The van der Waals surface area contributed by atoms with E-state index in [-0.39, 0.29) is 56.5 Å². The van der Waals surface area contributed by atoms with Crippen molar-refractivity contribution in [1.82, 2.24) is 10.6 Å². The van der Waals surface area contributed by atoms with Gasteiger partial charge in [0.15, 0.2) is 6.10 Å². The number of ether oxygens (including phenoxy) is 4. The van der Waals surface area contributed by atoms with Crippen molar-refractivity contribution in [1.29, 1.82) is 0 Å². The fraction of sp³-hybridized carbons (Fsp3) is 0.500. The average molecular weight is 685 g/mol. The van der Waals surface area contributed by atoms with E-state index in [4.69, 9.17) is 30.5 Å². The lowest BCUT2D eigenvalue weighted by Crippen LogP contribution is -2.49. The first kappa shape index (κ1) is 36.9. The molecule has 4 rings (SSSR count). The van der Waals surface area contributed by atoms with Crippen LogP contribution in [0.15, 0.2) is 54.6 Å². The Balaban J connectivity index is 1.58. The normalized spacial score (nSPS) is 26.2. The van der Waals surface area contributed by atoms with Crippen LogP contribution in [0.1, 0.15) is 63.3 Å². The van der Waals surface area contributed by atoms with Crippen LogP contribution in [0.5, 0.6) is 5.75 Å². The molecular formula is C36H45ClN2O9. The van der Waals surface area contributed by atoms with Crippen molar-refractivity contribution in [2.75, 3.05) is 13.7 Å². The van der Waals surface area contributed by atoms with Gasteiger partial charge in [-0.1, -0.05) is 75.7 Å². The van der Waals surface area contributed by atoms with Gasteiger partial charge in [-0.25, -0.2) is 4.79 Å². The number of nitrogens with one attached hydrogen (secondary N) is 2. The zero-order valence-corrected chi connectivity index (χ0v) is 28.7. The van der Waals surface area contributed by atoms with Crippen molar-refractivity contribution in [3.63, 3.8) is 0 Å². The van der Waals surface area contributed by atoms with Gasteiger partial charge in [-0.2, -0.15) is 0 Å². The van der Waals surface area contributed by atoms with Gasteiger partial charge in [0.05, 0.1) is 30.8 Å². The summed E-state index contributed by atoms with van der Waals surface area (Å²) < 4.78 is 22.9. The van der Waals surface area contributed by atoms with Gasteiger partial charge >= 0.3 is 11.9 Å². The first-order valence-corrected chi connectivity index (χ1v) is 16.6. The molecule has 1 fully saturated rings. The van der Waals surface area contributed by atoms with Gasteiger partial charge in [0, 0.05) is 25.3 Å². The Morgan fingerprint density at radius 1 is 1.00 bits per heavy atom. The first-order valence-electron chi connectivity index (χ1n) is 16.2. The van der Waals surface area contributed by atoms with Crippen LogP contribution in [0.4, 0.5) is 0 Å². The van der Waals surface area contributed by atoms with Crippen molar-refractivity contribution >= 4 is 35.4 Å². The number of methoxy groups -OCH3 is 1. The highest BCUT2D eigenvalue weighted by Crippen LogP contribution is 2.45. The van der Waals surface area contributed by atoms with E-state index in [2.05, 4.69) is 10.6 Å². The van der Waals surface area contributed by atoms with E-state index in [0.717, 1.165) is 11.1 Å². The molecule has 0 saturated carbocycles. The molecule has 0 spiro atoms. The van der Waals surface area contributed by atoms with E-state index in [1.54, 1.807) is 31.2 Å². The second-order valence-corrected chi connectivity index (χ2v) is 13.2. The number of esters is 2. The van der Waals surface area contributed by atoms with Crippen molar-refractivity contribution in [2.45, 2.75) is 84.0 Å². The lowest BCUT2D eigenvalue weighted by molar-refractivity contribution is -0.176. The molecule has 0 aliphatic carbocycles. The molecule has 0 unspecified atom stereocenters. The van der Waals surface area contributed by atoms with E-state index < -0.39 is 47.9 Å². The second-order valence-electron chi connectivity index (χ2n) is 12.8. The maximum absolute atomic E-state index is 13.5. The van der Waals surface area contributed by atoms with Crippen LogP contribution >= 0.6 is 11.6 Å². The molecule has 2 aromatic carbocycles. The standard InChI is InChI=1S/C36H45ClN2O9/c1-20(2)15-30-36(44)46-28(22(4)32-33(48-32)25-12-9-23(19-40)10-13-25)7-6-8-31(41)39-27(34(42)38-18-21(3)35(43)47-30)17-24-11-14-29(45-5)26(37)16-24/h6,8-14,16,20-22,27-28,30,32-33,40H,7,15,17-19H2,1-5H3,(H,38,42)(H,39,41)/t21-,22+,27-,28+,30+,32-,33-/m1/s1. The minimum absolute atomic E-state index is 0.0145. The summed E-state index contributed by atoms with van der Waals surface area (Å²) in [5.41, 5.74) is 2.41. The molecule has 2 aliphatic rings. The van der Waals surface area contributed by atoms with Crippen LogP contribution in [0.25, 0.3) is 0 Å². The maximum Gasteiger partial charge on any atom is 0.347 e. The third-order valence-electron chi connectivity index (χ3n) is 8.51. The monoisotopic (exact) mass is 684 g/mol. The van der Waals surface area contributed by atoms with Crippen molar-refractivity contribution in [3.8, 4) is 5.75 Å². The number of halogens is 1. The number of hydrogen-bond acceptors (Lipinski definition) is 9. The number of benzene rings is 2. The zero-order valence-electron chi connectivity index (χ0n) is 27.9. The number of cyclic esters (lactones) is 2. The van der Waals surface area contributed by atoms with E-state index in [0.29, 0.717) is 16.3 Å². The highest BCUT2D eigenvalue weighted by atomic mass is 35.5. The molecule has 0 radical (unpaired) electrons. The van der Waals surface area contributed by atoms with E-state index in [9.17, 15) is 24.3 Å². The third kappa shape index (κ3) is 10.0. The van der Waals surface area contributed by atoms with Crippen molar-refractivity contribution < 1.29 is 43.2 Å². The summed E-state index contributed by atoms with van der Waals surface area (Å²) in [6.45, 7) is 7.17. The van der Waals surface area contributed by atoms with Gasteiger partial charge in [-0.15, -0.1) is 0 Å². The molecule has 12 heteroatoms. The van der Waals surface area contributed by atoms with E-state index in [1.165, 1.54) is 13.2 Å². The quantitative estimate of drug-likeness (QED) is 0.260. The summed E-state index contributed by atoms with van der Waals surface area (Å²) in [6.07, 6.45) is 1.08. The highest BCUT2D eigenvalue weighted by molar-refractivity contribution is 6.32. The fourth-order valence-corrected chi connectivity index (χ4v) is 5.84. The first-order chi connectivity index (χ1) is 22.9. The van der Waals surface area contributed by atoms with Gasteiger partial charge in [0.2, 0.25) is 11.8 Å². The molecule has 0 aromatic heterocycles. The van der Waals surface area contributed by atoms with Crippen LogP contribution in [-0.4, -0.2) is 66.9 Å². The number of aliphatic hydroxyl groups is 1. The van der Waals surface area contributed by atoms with Crippen LogP contribution in [-0.2, 0) is 46.4 Å². The van der Waals surface area contributed by atoms with Crippen molar-refractivity contribution in [3.05, 3.63) is 76.3 Å². The zero-order chi connectivity index (χ0) is 35.0. The largest absolute Gasteiger partial charge is 0.495 e. The number of carbonyl (C=O) groups is 4.